The smallest absolute Gasteiger partial charge is 0.337 e. The van der Waals surface area contributed by atoms with Crippen molar-refractivity contribution >= 4 is 34.9 Å². The molecule has 3 heterocycles. The third-order valence-electron chi connectivity index (χ3n) is 5.63. The zero-order valence-corrected chi connectivity index (χ0v) is 18.8. The average molecular weight is 453 g/mol. The summed E-state index contributed by atoms with van der Waals surface area (Å²) >= 11 is 0. The Balaban J connectivity index is 1.48. The lowest BCUT2D eigenvalue weighted by Crippen LogP contribution is -2.31. The van der Waals surface area contributed by atoms with E-state index in [0.717, 1.165) is 24.6 Å². The van der Waals surface area contributed by atoms with Crippen LogP contribution in [0.2, 0.25) is 0 Å². The normalized spacial score (nSPS) is 15.9. The Morgan fingerprint density at radius 2 is 1.79 bits per heavy atom. The number of aliphatic hydroxyl groups excluding tert-OH is 1. The van der Waals surface area contributed by atoms with E-state index in [2.05, 4.69) is 25.5 Å². The fourth-order valence-electron chi connectivity index (χ4n) is 4.00. The van der Waals surface area contributed by atoms with E-state index in [1.165, 1.54) is 24.9 Å². The van der Waals surface area contributed by atoms with Crippen LogP contribution in [0.5, 0.6) is 0 Å². The number of methoxy groups -OCH3 is 1. The maximum absolute atomic E-state index is 12.7. The number of β-amino-alcohol motifs (C(OH)–C–C–N with tert-alkyl or cyclic N) is 1. The van der Waals surface area contributed by atoms with E-state index in [1.54, 1.807) is 0 Å². The molecule has 2 aliphatic rings. The van der Waals surface area contributed by atoms with Crippen LogP contribution >= 0.6 is 0 Å². The fraction of sp³-hybridized carbons (Fsp3) is 0.391. The Morgan fingerprint density at radius 3 is 2.42 bits per heavy atom. The van der Waals surface area contributed by atoms with Crippen LogP contribution in [0.4, 0.5) is 23.0 Å². The molecule has 1 aromatic carbocycles. The van der Waals surface area contributed by atoms with E-state index < -0.39 is 5.97 Å². The Hall–Kier alpha value is -3.66. The molecule has 0 atom stereocenters. The minimum Gasteiger partial charge on any atom is -0.466 e. The Kier molecular flexibility index (Phi) is 6.74. The predicted molar refractivity (Wildman–Crippen MR) is 124 cm³/mol. The molecule has 1 fully saturated rings. The number of nitrogens with one attached hydrogen (secondary N) is 2. The average Bonchev–Trinajstić information content (AvgIpc) is 3.45. The van der Waals surface area contributed by atoms with Crippen LogP contribution in [0.3, 0.4) is 0 Å². The minimum atomic E-state index is -0.572. The molecule has 3 N–H and O–H groups in total. The minimum absolute atomic E-state index is 0.0977. The molecule has 1 amide bonds. The summed E-state index contributed by atoms with van der Waals surface area (Å²) in [5.74, 6) is 1.42. The van der Waals surface area contributed by atoms with E-state index in [4.69, 9.17) is 4.74 Å². The van der Waals surface area contributed by atoms with Gasteiger partial charge in [-0.05, 0) is 44.0 Å². The van der Waals surface area contributed by atoms with Gasteiger partial charge < -0.3 is 30.3 Å². The quantitative estimate of drug-likeness (QED) is 0.515. The van der Waals surface area contributed by atoms with Gasteiger partial charge in [-0.3, -0.25) is 4.79 Å². The Bertz CT molecular complexity index is 1060. The molecule has 1 aromatic heterocycles. The molecule has 1 saturated heterocycles. The van der Waals surface area contributed by atoms with Crippen LogP contribution in [0.25, 0.3) is 0 Å². The summed E-state index contributed by atoms with van der Waals surface area (Å²) in [6.45, 7) is 3.95. The summed E-state index contributed by atoms with van der Waals surface area (Å²) in [6, 6.07) is 9.28. The topological polar surface area (TPSA) is 120 Å². The number of amides is 1. The molecule has 33 heavy (non-hydrogen) atoms. The number of carbonyl (C=O) groups excluding carboxylic acids is 2. The van der Waals surface area contributed by atoms with Gasteiger partial charge in [-0.1, -0.05) is 0 Å². The Labute approximate surface area is 192 Å². The summed E-state index contributed by atoms with van der Waals surface area (Å²) < 4.78 is 4.81. The van der Waals surface area contributed by atoms with E-state index in [1.807, 2.05) is 37.3 Å². The number of hydrogen-bond acceptors (Lipinski definition) is 9. The van der Waals surface area contributed by atoms with Gasteiger partial charge in [-0.25, -0.2) is 14.8 Å². The molecule has 0 saturated carbocycles. The molecule has 10 heteroatoms. The molecule has 0 unspecified atom stereocenters. The molecule has 0 bridgehead atoms. The lowest BCUT2D eigenvalue weighted by atomic mass is 10.2. The summed E-state index contributed by atoms with van der Waals surface area (Å²) in [5, 5.41) is 15.5. The van der Waals surface area contributed by atoms with Gasteiger partial charge in [0.25, 0.3) is 5.91 Å². The fourth-order valence-corrected chi connectivity index (χ4v) is 4.00. The van der Waals surface area contributed by atoms with Crippen molar-refractivity contribution < 1.29 is 19.4 Å². The van der Waals surface area contributed by atoms with Crippen molar-refractivity contribution in [2.75, 3.05) is 55.4 Å². The zero-order chi connectivity index (χ0) is 23.4. The van der Waals surface area contributed by atoms with E-state index in [9.17, 15) is 14.7 Å². The monoisotopic (exact) mass is 452 g/mol. The highest BCUT2D eigenvalue weighted by Gasteiger charge is 2.34. The largest absolute Gasteiger partial charge is 0.466 e. The number of carbonyl (C=O) groups is 2. The van der Waals surface area contributed by atoms with Gasteiger partial charge in [-0.15, -0.1) is 0 Å². The first-order valence-electron chi connectivity index (χ1n) is 10.9. The molecule has 2 aliphatic heterocycles. The summed E-state index contributed by atoms with van der Waals surface area (Å²) in [4.78, 5) is 37.5. The van der Waals surface area contributed by atoms with Crippen molar-refractivity contribution in [3.05, 3.63) is 47.4 Å². The second-order valence-corrected chi connectivity index (χ2v) is 7.98. The molecule has 2 aromatic rings. The first-order valence-corrected chi connectivity index (χ1v) is 10.9. The van der Waals surface area contributed by atoms with Gasteiger partial charge in [0.15, 0.2) is 0 Å². The molecule has 4 rings (SSSR count). The first-order chi connectivity index (χ1) is 16.0. The van der Waals surface area contributed by atoms with Gasteiger partial charge in [0.2, 0.25) is 0 Å². The van der Waals surface area contributed by atoms with Crippen molar-refractivity contribution in [1.82, 2.24) is 14.9 Å². The van der Waals surface area contributed by atoms with Crippen molar-refractivity contribution in [3.8, 4) is 0 Å². The summed E-state index contributed by atoms with van der Waals surface area (Å²) in [5.41, 5.74) is 1.88. The van der Waals surface area contributed by atoms with Gasteiger partial charge >= 0.3 is 5.97 Å². The molecular weight excluding hydrogens is 424 g/mol. The van der Waals surface area contributed by atoms with Crippen LogP contribution in [-0.4, -0.2) is 71.7 Å². The number of esters is 1. The number of nitrogens with zero attached hydrogens (tertiary/aromatic N) is 4. The number of aliphatic hydroxyl groups is 1. The van der Waals surface area contributed by atoms with E-state index in [-0.39, 0.29) is 36.9 Å². The maximum atomic E-state index is 12.7. The zero-order valence-electron chi connectivity index (χ0n) is 18.8. The lowest BCUT2D eigenvalue weighted by molar-refractivity contribution is -0.136. The predicted octanol–water partition coefficient (Wildman–Crippen LogP) is 1.80. The van der Waals surface area contributed by atoms with Crippen LogP contribution in [0, 0.1) is 6.92 Å². The van der Waals surface area contributed by atoms with Gasteiger partial charge in [0.05, 0.1) is 25.8 Å². The van der Waals surface area contributed by atoms with Crippen LogP contribution in [-0.2, 0) is 14.3 Å². The van der Waals surface area contributed by atoms with E-state index >= 15 is 0 Å². The molecule has 10 nitrogen and oxygen atoms in total. The van der Waals surface area contributed by atoms with Crippen LogP contribution < -0.4 is 15.5 Å². The molecular formula is C23H28N6O4. The SMILES string of the molecule is COC(=O)C1=C(Nc2ccc(Nc3cc(N4CCCC4)nc(C)n3)cc2)C(=O)N(CCO)C1. The number of anilines is 4. The second-order valence-electron chi connectivity index (χ2n) is 7.98. The number of aromatic nitrogens is 2. The maximum Gasteiger partial charge on any atom is 0.337 e. The Morgan fingerprint density at radius 1 is 1.12 bits per heavy atom. The van der Waals surface area contributed by atoms with Crippen molar-refractivity contribution in [2.45, 2.75) is 19.8 Å². The highest BCUT2D eigenvalue weighted by atomic mass is 16.5. The van der Waals surface area contributed by atoms with Gasteiger partial charge in [-0.2, -0.15) is 0 Å². The molecule has 0 aliphatic carbocycles. The molecule has 0 radical (unpaired) electrons. The first kappa shape index (κ1) is 22.5. The summed E-state index contributed by atoms with van der Waals surface area (Å²) in [6.07, 6.45) is 2.35. The number of hydrogen-bond donors (Lipinski definition) is 3. The van der Waals surface area contributed by atoms with Crippen molar-refractivity contribution in [1.29, 1.82) is 0 Å². The van der Waals surface area contributed by atoms with Crippen molar-refractivity contribution in [3.63, 3.8) is 0 Å². The second kappa shape index (κ2) is 9.86. The highest BCUT2D eigenvalue weighted by molar-refractivity contribution is 6.08. The van der Waals surface area contributed by atoms with E-state index in [0.29, 0.717) is 17.3 Å². The van der Waals surface area contributed by atoms with Crippen molar-refractivity contribution in [2.24, 2.45) is 0 Å². The number of ether oxygens (including phenoxy) is 1. The third kappa shape index (κ3) is 5.06. The number of benzene rings is 1. The van der Waals surface area contributed by atoms with Crippen LogP contribution in [0.15, 0.2) is 41.6 Å². The number of aryl methyl sites for hydroxylation is 1. The van der Waals surface area contributed by atoms with Crippen LogP contribution in [0.1, 0.15) is 18.7 Å². The lowest BCUT2D eigenvalue weighted by Gasteiger charge is -2.18. The molecule has 0 spiro atoms. The summed E-state index contributed by atoms with van der Waals surface area (Å²) in [7, 11) is 1.27. The highest BCUT2D eigenvalue weighted by Crippen LogP contribution is 2.26. The van der Waals surface area contributed by atoms with Gasteiger partial charge in [0.1, 0.15) is 23.2 Å². The molecule has 174 valence electrons. The standard InChI is InChI=1S/C23H28N6O4/c1-15-24-19(13-20(25-15)28-9-3-4-10-28)26-16-5-7-17(8-6-16)27-21-18(23(32)33-2)14-29(11-12-30)22(21)31/h5-8,13,27,30H,3-4,9-12,14H2,1-2H3,(H,24,25,26). The van der Waals surface area contributed by atoms with Gasteiger partial charge in [0, 0.05) is 37.1 Å². The third-order valence-corrected chi connectivity index (χ3v) is 5.63. The number of rotatable bonds is 8.